The molecule has 0 heterocycles. The smallest absolute Gasteiger partial charge is 0.123 e. The Morgan fingerprint density at radius 1 is 1.33 bits per heavy atom. The van der Waals surface area contributed by atoms with Crippen LogP contribution in [0.2, 0.25) is 0 Å². The van der Waals surface area contributed by atoms with Crippen molar-refractivity contribution in [2.45, 2.75) is 26.8 Å². The van der Waals surface area contributed by atoms with E-state index in [2.05, 4.69) is 19.2 Å². The SMILES string of the molecule is CC(C)CN[C@H](C)c1cc(F)ccc1O. The van der Waals surface area contributed by atoms with Gasteiger partial charge in [0.1, 0.15) is 11.6 Å². The Bertz CT molecular complexity index is 325. The van der Waals surface area contributed by atoms with Gasteiger partial charge in [-0.2, -0.15) is 0 Å². The van der Waals surface area contributed by atoms with Gasteiger partial charge < -0.3 is 10.4 Å². The maximum atomic E-state index is 13.0. The highest BCUT2D eigenvalue weighted by atomic mass is 19.1. The monoisotopic (exact) mass is 211 g/mol. The fraction of sp³-hybridized carbons (Fsp3) is 0.500. The van der Waals surface area contributed by atoms with Crippen LogP contribution in [0.4, 0.5) is 4.39 Å². The highest BCUT2D eigenvalue weighted by molar-refractivity contribution is 5.34. The second-order valence-corrected chi connectivity index (χ2v) is 4.23. The lowest BCUT2D eigenvalue weighted by Gasteiger charge is -2.17. The average Bonchev–Trinajstić information content (AvgIpc) is 2.18. The van der Waals surface area contributed by atoms with E-state index in [9.17, 15) is 9.50 Å². The molecule has 0 aliphatic heterocycles. The van der Waals surface area contributed by atoms with Gasteiger partial charge in [-0.15, -0.1) is 0 Å². The predicted octanol–water partition coefficient (Wildman–Crippen LogP) is 2.84. The molecule has 0 amide bonds. The normalized spacial score (nSPS) is 13.1. The molecule has 84 valence electrons. The molecule has 3 heteroatoms. The third kappa shape index (κ3) is 3.51. The predicted molar refractivity (Wildman–Crippen MR) is 59.3 cm³/mol. The Hall–Kier alpha value is -1.09. The van der Waals surface area contributed by atoms with E-state index >= 15 is 0 Å². The molecule has 0 unspecified atom stereocenters. The molecule has 0 spiro atoms. The lowest BCUT2D eigenvalue weighted by Crippen LogP contribution is -2.23. The van der Waals surface area contributed by atoms with Crippen molar-refractivity contribution in [2.75, 3.05) is 6.54 Å². The lowest BCUT2D eigenvalue weighted by atomic mass is 10.1. The van der Waals surface area contributed by atoms with Crippen molar-refractivity contribution in [3.8, 4) is 5.75 Å². The summed E-state index contributed by atoms with van der Waals surface area (Å²) >= 11 is 0. The summed E-state index contributed by atoms with van der Waals surface area (Å²) in [6.07, 6.45) is 0. The van der Waals surface area contributed by atoms with Crippen LogP contribution in [0, 0.1) is 11.7 Å². The van der Waals surface area contributed by atoms with Crippen molar-refractivity contribution in [1.29, 1.82) is 0 Å². The van der Waals surface area contributed by atoms with E-state index in [1.165, 1.54) is 18.2 Å². The fourth-order valence-corrected chi connectivity index (χ4v) is 1.39. The maximum absolute atomic E-state index is 13.0. The van der Waals surface area contributed by atoms with Crippen LogP contribution >= 0.6 is 0 Å². The van der Waals surface area contributed by atoms with E-state index in [0.29, 0.717) is 11.5 Å². The zero-order valence-electron chi connectivity index (χ0n) is 9.42. The van der Waals surface area contributed by atoms with E-state index in [4.69, 9.17) is 0 Å². The van der Waals surface area contributed by atoms with Crippen molar-refractivity contribution in [1.82, 2.24) is 5.32 Å². The summed E-state index contributed by atoms with van der Waals surface area (Å²) in [5.74, 6) is 0.351. The third-order valence-corrected chi connectivity index (χ3v) is 2.29. The molecule has 1 aromatic carbocycles. The first-order valence-corrected chi connectivity index (χ1v) is 5.22. The first-order valence-electron chi connectivity index (χ1n) is 5.22. The summed E-state index contributed by atoms with van der Waals surface area (Å²) < 4.78 is 13.0. The van der Waals surface area contributed by atoms with E-state index in [0.717, 1.165) is 6.54 Å². The summed E-state index contributed by atoms with van der Waals surface area (Å²) in [5.41, 5.74) is 0.607. The number of halogens is 1. The molecule has 0 saturated carbocycles. The van der Waals surface area contributed by atoms with Gasteiger partial charge in [0, 0.05) is 11.6 Å². The molecule has 0 aliphatic carbocycles. The molecular weight excluding hydrogens is 193 g/mol. The van der Waals surface area contributed by atoms with Gasteiger partial charge in [-0.25, -0.2) is 4.39 Å². The van der Waals surface area contributed by atoms with Gasteiger partial charge >= 0.3 is 0 Å². The zero-order valence-corrected chi connectivity index (χ0v) is 9.42. The van der Waals surface area contributed by atoms with Gasteiger partial charge in [-0.3, -0.25) is 0 Å². The van der Waals surface area contributed by atoms with Gasteiger partial charge in [-0.05, 0) is 37.6 Å². The molecule has 0 aliphatic rings. The molecule has 1 atom stereocenters. The van der Waals surface area contributed by atoms with Crippen molar-refractivity contribution in [3.63, 3.8) is 0 Å². The first kappa shape index (κ1) is 12.0. The first-order chi connectivity index (χ1) is 7.00. The van der Waals surface area contributed by atoms with Crippen molar-refractivity contribution in [2.24, 2.45) is 5.92 Å². The number of benzene rings is 1. The van der Waals surface area contributed by atoms with Crippen LogP contribution in [-0.4, -0.2) is 11.7 Å². The Morgan fingerprint density at radius 3 is 2.60 bits per heavy atom. The van der Waals surface area contributed by atoms with Gasteiger partial charge in [0.25, 0.3) is 0 Å². The van der Waals surface area contributed by atoms with Crippen molar-refractivity contribution in [3.05, 3.63) is 29.6 Å². The molecule has 0 radical (unpaired) electrons. The van der Waals surface area contributed by atoms with E-state index < -0.39 is 0 Å². The number of nitrogens with one attached hydrogen (secondary N) is 1. The highest BCUT2D eigenvalue weighted by Gasteiger charge is 2.11. The highest BCUT2D eigenvalue weighted by Crippen LogP contribution is 2.24. The summed E-state index contributed by atoms with van der Waals surface area (Å²) in [4.78, 5) is 0. The van der Waals surface area contributed by atoms with Crippen LogP contribution in [-0.2, 0) is 0 Å². The van der Waals surface area contributed by atoms with E-state index in [1.807, 2.05) is 6.92 Å². The Morgan fingerprint density at radius 2 is 2.00 bits per heavy atom. The molecule has 1 rings (SSSR count). The second-order valence-electron chi connectivity index (χ2n) is 4.23. The summed E-state index contributed by atoms with van der Waals surface area (Å²) in [6.45, 7) is 6.96. The number of rotatable bonds is 4. The fourth-order valence-electron chi connectivity index (χ4n) is 1.39. The molecule has 1 aromatic rings. The maximum Gasteiger partial charge on any atom is 0.123 e. The molecule has 15 heavy (non-hydrogen) atoms. The standard InChI is InChI=1S/C12H18FNO/c1-8(2)7-14-9(3)11-6-10(13)4-5-12(11)15/h4-6,8-9,14-15H,7H2,1-3H3/t9-/m1/s1. The molecular formula is C12H18FNO. The van der Waals surface area contributed by atoms with Crippen LogP contribution in [0.3, 0.4) is 0 Å². The number of hydrogen-bond acceptors (Lipinski definition) is 2. The van der Waals surface area contributed by atoms with Gasteiger partial charge in [0.15, 0.2) is 0 Å². The van der Waals surface area contributed by atoms with E-state index in [1.54, 1.807) is 0 Å². The minimum Gasteiger partial charge on any atom is -0.508 e. The number of aromatic hydroxyl groups is 1. The minimum atomic E-state index is -0.319. The van der Waals surface area contributed by atoms with Crippen LogP contribution in [0.5, 0.6) is 5.75 Å². The van der Waals surface area contributed by atoms with Crippen molar-refractivity contribution < 1.29 is 9.50 Å². The molecule has 0 saturated heterocycles. The quantitative estimate of drug-likeness (QED) is 0.802. The largest absolute Gasteiger partial charge is 0.508 e. The third-order valence-electron chi connectivity index (χ3n) is 2.29. The second kappa shape index (κ2) is 5.12. The molecule has 0 bridgehead atoms. The van der Waals surface area contributed by atoms with Crippen molar-refractivity contribution >= 4 is 0 Å². The van der Waals surface area contributed by atoms with Crippen LogP contribution < -0.4 is 5.32 Å². The van der Waals surface area contributed by atoms with Crippen LogP contribution in [0.1, 0.15) is 32.4 Å². The number of phenols is 1. The summed E-state index contributed by atoms with van der Waals surface area (Å²) in [5, 5.41) is 12.8. The molecule has 2 N–H and O–H groups in total. The molecule has 2 nitrogen and oxygen atoms in total. The number of hydrogen-bond donors (Lipinski definition) is 2. The number of phenolic OH excluding ortho intramolecular Hbond substituents is 1. The Kier molecular flexibility index (Phi) is 4.09. The summed E-state index contributed by atoms with van der Waals surface area (Å²) in [7, 11) is 0. The summed E-state index contributed by atoms with van der Waals surface area (Å²) in [6, 6.07) is 3.97. The lowest BCUT2D eigenvalue weighted by molar-refractivity contribution is 0.439. The minimum absolute atomic E-state index is 0.0388. The average molecular weight is 211 g/mol. The topological polar surface area (TPSA) is 32.3 Å². The van der Waals surface area contributed by atoms with Gasteiger partial charge in [-0.1, -0.05) is 13.8 Å². The van der Waals surface area contributed by atoms with E-state index in [-0.39, 0.29) is 17.6 Å². The molecule has 0 aromatic heterocycles. The van der Waals surface area contributed by atoms with Gasteiger partial charge in [0.05, 0.1) is 0 Å². The van der Waals surface area contributed by atoms with Crippen LogP contribution in [0.15, 0.2) is 18.2 Å². The zero-order chi connectivity index (χ0) is 11.4. The Balaban J connectivity index is 2.72. The van der Waals surface area contributed by atoms with Crippen LogP contribution in [0.25, 0.3) is 0 Å². The molecule has 0 fully saturated rings. The Labute approximate surface area is 90.1 Å². The van der Waals surface area contributed by atoms with Gasteiger partial charge in [0.2, 0.25) is 0 Å².